The highest BCUT2D eigenvalue weighted by Gasteiger charge is 2.22. The van der Waals surface area contributed by atoms with Crippen molar-refractivity contribution in [3.8, 4) is 23.7 Å². The van der Waals surface area contributed by atoms with Crippen LogP contribution in [0.15, 0.2) is 60.7 Å². The SMILES string of the molecule is CCc1c(C#CC#Cc2[nH]c(C(=O)OCc3ccccc3)c(CC)c2CC)[nH]c(C(=O)OCc2ccccc2)c1CC. The molecule has 6 nitrogen and oxygen atoms in total. The predicted molar refractivity (Wildman–Crippen MR) is 164 cm³/mol. The van der Waals surface area contributed by atoms with E-state index in [0.29, 0.717) is 48.5 Å². The molecular weight excluding hydrogens is 524 g/mol. The number of nitrogens with one attached hydrogen (secondary N) is 2. The van der Waals surface area contributed by atoms with Crippen LogP contribution in [0, 0.1) is 23.7 Å². The maximum Gasteiger partial charge on any atom is 0.355 e. The fourth-order valence-corrected chi connectivity index (χ4v) is 5.06. The number of aromatic nitrogens is 2. The van der Waals surface area contributed by atoms with E-state index >= 15 is 0 Å². The van der Waals surface area contributed by atoms with E-state index in [1.54, 1.807) is 0 Å². The van der Waals surface area contributed by atoms with Crippen LogP contribution in [0.4, 0.5) is 0 Å². The molecule has 0 saturated carbocycles. The van der Waals surface area contributed by atoms with Crippen LogP contribution in [0.2, 0.25) is 0 Å². The minimum atomic E-state index is -0.401. The Labute approximate surface area is 247 Å². The Morgan fingerprint density at radius 1 is 0.571 bits per heavy atom. The van der Waals surface area contributed by atoms with Crippen LogP contribution in [0.5, 0.6) is 0 Å². The van der Waals surface area contributed by atoms with Crippen LogP contribution in [0.1, 0.15) is 93.4 Å². The van der Waals surface area contributed by atoms with Crippen molar-refractivity contribution in [1.82, 2.24) is 9.97 Å². The first-order chi connectivity index (χ1) is 20.5. The highest BCUT2D eigenvalue weighted by atomic mass is 16.5. The van der Waals surface area contributed by atoms with Gasteiger partial charge >= 0.3 is 11.9 Å². The van der Waals surface area contributed by atoms with E-state index in [4.69, 9.17) is 9.47 Å². The highest BCUT2D eigenvalue weighted by molar-refractivity contribution is 5.91. The summed E-state index contributed by atoms with van der Waals surface area (Å²) in [4.78, 5) is 32.3. The van der Waals surface area contributed by atoms with Crippen LogP contribution in [0.25, 0.3) is 0 Å². The first-order valence-electron chi connectivity index (χ1n) is 14.4. The van der Waals surface area contributed by atoms with Gasteiger partial charge in [0.05, 0.1) is 11.4 Å². The van der Waals surface area contributed by atoms with Crippen LogP contribution in [-0.2, 0) is 48.4 Å². The van der Waals surface area contributed by atoms with Crippen molar-refractivity contribution < 1.29 is 19.1 Å². The van der Waals surface area contributed by atoms with Gasteiger partial charge in [0.25, 0.3) is 0 Å². The lowest BCUT2D eigenvalue weighted by molar-refractivity contribution is 0.0456. The van der Waals surface area contributed by atoms with E-state index in [9.17, 15) is 9.59 Å². The summed E-state index contributed by atoms with van der Waals surface area (Å²) in [5.74, 6) is 11.3. The first kappa shape index (κ1) is 30.0. The molecule has 2 N–H and O–H groups in total. The number of carbonyl (C=O) groups excluding carboxylic acids is 2. The molecule has 0 unspecified atom stereocenters. The Morgan fingerprint density at radius 3 is 1.26 bits per heavy atom. The molecule has 0 spiro atoms. The van der Waals surface area contributed by atoms with Crippen molar-refractivity contribution in [3.05, 3.63) is 117 Å². The van der Waals surface area contributed by atoms with Crippen LogP contribution in [-0.4, -0.2) is 21.9 Å². The maximum absolute atomic E-state index is 12.9. The Bertz CT molecular complexity index is 1530. The summed E-state index contributed by atoms with van der Waals surface area (Å²) in [5.41, 5.74) is 7.86. The minimum absolute atomic E-state index is 0.202. The van der Waals surface area contributed by atoms with Gasteiger partial charge in [-0.05, 0) is 82.7 Å². The lowest BCUT2D eigenvalue weighted by Crippen LogP contribution is -2.08. The molecule has 2 aromatic heterocycles. The number of aromatic amines is 2. The fourth-order valence-electron chi connectivity index (χ4n) is 5.06. The molecule has 0 aliphatic carbocycles. The molecule has 4 aromatic rings. The molecule has 0 amide bonds. The van der Waals surface area contributed by atoms with Crippen LogP contribution < -0.4 is 0 Å². The molecule has 6 heteroatoms. The number of ether oxygens (including phenoxy) is 2. The van der Waals surface area contributed by atoms with Crippen molar-refractivity contribution in [3.63, 3.8) is 0 Å². The second-order valence-electron chi connectivity index (χ2n) is 9.70. The summed E-state index contributed by atoms with van der Waals surface area (Å²) >= 11 is 0. The number of carbonyl (C=O) groups is 2. The second kappa shape index (κ2) is 14.6. The molecule has 0 bridgehead atoms. The zero-order chi connectivity index (χ0) is 29.9. The third-order valence-electron chi connectivity index (χ3n) is 7.12. The Hall–Kier alpha value is -4.94. The number of rotatable bonds is 10. The standard InChI is InChI=1S/C36H36N2O4/c1-5-27-29(7-3)33(35(39)41-23-25-17-11-9-12-18-25)37-31(27)21-15-16-22-32-28(6-2)30(8-4)34(38-32)36(40)42-24-26-19-13-10-14-20-26/h9-14,17-20,37-38H,5-8,23-24H2,1-4H3. The van der Waals surface area contributed by atoms with Crippen LogP contribution in [0.3, 0.4) is 0 Å². The van der Waals surface area contributed by atoms with Gasteiger partial charge in [-0.1, -0.05) is 88.4 Å². The minimum Gasteiger partial charge on any atom is -0.456 e. The third kappa shape index (κ3) is 7.03. The van der Waals surface area contributed by atoms with E-state index in [1.807, 2.05) is 88.4 Å². The van der Waals surface area contributed by atoms with E-state index < -0.39 is 11.9 Å². The summed E-state index contributed by atoms with van der Waals surface area (Å²) in [6, 6.07) is 19.2. The van der Waals surface area contributed by atoms with E-state index in [0.717, 1.165) is 33.4 Å². The number of hydrogen-bond acceptors (Lipinski definition) is 4. The Balaban J connectivity index is 1.54. The molecule has 0 radical (unpaired) electrons. The first-order valence-corrected chi connectivity index (χ1v) is 14.4. The van der Waals surface area contributed by atoms with E-state index in [1.165, 1.54) is 0 Å². The molecule has 0 aliphatic heterocycles. The van der Waals surface area contributed by atoms with Crippen molar-refractivity contribution in [1.29, 1.82) is 0 Å². The second-order valence-corrected chi connectivity index (χ2v) is 9.70. The zero-order valence-corrected chi connectivity index (χ0v) is 24.6. The molecule has 0 atom stereocenters. The molecule has 0 aliphatic rings. The quantitative estimate of drug-likeness (QED) is 0.167. The smallest absolute Gasteiger partial charge is 0.355 e. The third-order valence-corrected chi connectivity index (χ3v) is 7.12. The Morgan fingerprint density at radius 2 is 0.929 bits per heavy atom. The fraction of sp³-hybridized carbons (Fsp3) is 0.278. The summed E-state index contributed by atoms with van der Waals surface area (Å²) in [6.45, 7) is 8.50. The molecule has 2 heterocycles. The number of benzene rings is 2. The molecule has 0 saturated heterocycles. The van der Waals surface area contributed by atoms with Gasteiger partial charge in [0.15, 0.2) is 0 Å². The van der Waals surface area contributed by atoms with Gasteiger partial charge in [0.2, 0.25) is 0 Å². The highest BCUT2D eigenvalue weighted by Crippen LogP contribution is 2.23. The van der Waals surface area contributed by atoms with Crippen molar-refractivity contribution >= 4 is 11.9 Å². The molecule has 4 rings (SSSR count). The normalized spacial score (nSPS) is 10.3. The topological polar surface area (TPSA) is 84.2 Å². The van der Waals surface area contributed by atoms with Gasteiger partial charge in [-0.25, -0.2) is 9.59 Å². The van der Waals surface area contributed by atoms with Gasteiger partial charge in [-0.15, -0.1) is 0 Å². The number of hydrogen-bond donors (Lipinski definition) is 2. The summed E-state index contributed by atoms with van der Waals surface area (Å²) in [6.07, 6.45) is 2.78. The molecule has 2 aromatic carbocycles. The predicted octanol–water partition coefficient (Wildman–Crippen LogP) is 6.71. The van der Waals surface area contributed by atoms with Crippen molar-refractivity contribution in [2.75, 3.05) is 0 Å². The number of esters is 2. The van der Waals surface area contributed by atoms with E-state index in [2.05, 4.69) is 33.6 Å². The van der Waals surface area contributed by atoms with Gasteiger partial charge in [0, 0.05) is 0 Å². The molecule has 0 fully saturated rings. The molecular formula is C36H36N2O4. The van der Waals surface area contributed by atoms with Gasteiger partial charge in [0.1, 0.15) is 24.6 Å². The van der Waals surface area contributed by atoms with Gasteiger partial charge in [-0.2, -0.15) is 0 Å². The lowest BCUT2D eigenvalue weighted by Gasteiger charge is -2.06. The summed E-state index contributed by atoms with van der Waals surface area (Å²) < 4.78 is 11.2. The average molecular weight is 561 g/mol. The zero-order valence-electron chi connectivity index (χ0n) is 24.6. The lowest BCUT2D eigenvalue weighted by atomic mass is 10.0. The summed E-state index contributed by atoms with van der Waals surface area (Å²) in [5, 5.41) is 0. The van der Waals surface area contributed by atoms with Gasteiger partial charge in [-0.3, -0.25) is 0 Å². The Kier molecular flexibility index (Phi) is 10.5. The maximum atomic E-state index is 12.9. The monoisotopic (exact) mass is 560 g/mol. The van der Waals surface area contributed by atoms with Crippen molar-refractivity contribution in [2.24, 2.45) is 0 Å². The van der Waals surface area contributed by atoms with Gasteiger partial charge < -0.3 is 19.4 Å². The number of H-pyrrole nitrogens is 2. The van der Waals surface area contributed by atoms with Crippen molar-refractivity contribution in [2.45, 2.75) is 66.6 Å². The molecule has 42 heavy (non-hydrogen) atoms. The molecule has 214 valence electrons. The van der Waals surface area contributed by atoms with E-state index in [-0.39, 0.29) is 13.2 Å². The largest absolute Gasteiger partial charge is 0.456 e. The summed E-state index contributed by atoms with van der Waals surface area (Å²) in [7, 11) is 0. The van der Waals surface area contributed by atoms with Crippen LogP contribution >= 0.6 is 0 Å². The average Bonchev–Trinajstić information content (AvgIpc) is 3.58.